The van der Waals surface area contributed by atoms with Gasteiger partial charge in [-0.2, -0.15) is 0 Å². The van der Waals surface area contributed by atoms with Crippen LogP contribution in [0.1, 0.15) is 5.56 Å². The smallest absolute Gasteiger partial charge is 0.331 e. The van der Waals surface area contributed by atoms with Gasteiger partial charge in [0.2, 0.25) is 5.91 Å². The highest BCUT2D eigenvalue weighted by molar-refractivity contribution is 6.30. The Bertz CT molecular complexity index is 731. The van der Waals surface area contributed by atoms with Gasteiger partial charge in [-0.05, 0) is 29.8 Å². The summed E-state index contributed by atoms with van der Waals surface area (Å²) < 4.78 is 5.16. The molecule has 0 bridgehead atoms. The second kappa shape index (κ2) is 6.71. The Kier molecular flexibility index (Phi) is 4.48. The Morgan fingerprint density at radius 2 is 1.91 bits per heavy atom. The number of rotatable bonds is 4. The molecule has 2 aromatic carbocycles. The molecule has 6 heteroatoms. The molecule has 1 N–H and O–H groups in total. The lowest BCUT2D eigenvalue weighted by atomic mass is 10.2. The number of nitrogens with one attached hydrogen (secondary N) is 1. The first-order valence-corrected chi connectivity index (χ1v) is 7.55. The Labute approximate surface area is 138 Å². The topological polar surface area (TPSA) is 58.6 Å². The van der Waals surface area contributed by atoms with E-state index in [1.807, 2.05) is 24.3 Å². The number of anilines is 1. The number of nitrogens with zero attached hydrogens (tertiary/aromatic N) is 1. The van der Waals surface area contributed by atoms with Crippen LogP contribution in [0.25, 0.3) is 0 Å². The van der Waals surface area contributed by atoms with E-state index in [0.29, 0.717) is 17.3 Å². The fourth-order valence-corrected chi connectivity index (χ4v) is 2.50. The molecule has 5 nitrogen and oxygen atoms in total. The van der Waals surface area contributed by atoms with Crippen LogP contribution in [0.15, 0.2) is 48.5 Å². The van der Waals surface area contributed by atoms with Crippen molar-refractivity contribution in [3.05, 3.63) is 59.1 Å². The van der Waals surface area contributed by atoms with Gasteiger partial charge < -0.3 is 15.0 Å². The van der Waals surface area contributed by atoms with Crippen LogP contribution < -0.4 is 15.0 Å². The number of esters is 1. The number of hydrogen-bond donors (Lipinski definition) is 1. The van der Waals surface area contributed by atoms with Gasteiger partial charge >= 0.3 is 5.97 Å². The molecular weight excluding hydrogens is 316 g/mol. The molecule has 0 saturated carbocycles. The summed E-state index contributed by atoms with van der Waals surface area (Å²) in [6, 6.07) is 14.4. The summed E-state index contributed by atoms with van der Waals surface area (Å²) >= 11 is 5.83. The SMILES string of the molecule is O=C(CN1CC(=O)Oc2ccccc21)NCc1ccc(Cl)cc1. The lowest BCUT2D eigenvalue weighted by Crippen LogP contribution is -2.43. The molecule has 0 atom stereocenters. The largest absolute Gasteiger partial charge is 0.423 e. The molecule has 1 aliphatic rings. The fourth-order valence-electron chi connectivity index (χ4n) is 2.37. The van der Waals surface area contributed by atoms with Gasteiger partial charge in [0.05, 0.1) is 12.2 Å². The monoisotopic (exact) mass is 330 g/mol. The normalized spacial score (nSPS) is 13.3. The number of para-hydroxylation sites is 2. The van der Waals surface area contributed by atoms with E-state index >= 15 is 0 Å². The predicted molar refractivity (Wildman–Crippen MR) is 87.6 cm³/mol. The minimum atomic E-state index is -0.366. The van der Waals surface area contributed by atoms with Gasteiger partial charge in [-0.3, -0.25) is 4.79 Å². The molecule has 23 heavy (non-hydrogen) atoms. The van der Waals surface area contributed by atoms with Crippen LogP contribution in [0.5, 0.6) is 5.75 Å². The van der Waals surface area contributed by atoms with Gasteiger partial charge in [0, 0.05) is 11.6 Å². The van der Waals surface area contributed by atoms with Crippen molar-refractivity contribution in [1.82, 2.24) is 5.32 Å². The van der Waals surface area contributed by atoms with Crippen LogP contribution in [0, 0.1) is 0 Å². The third-order valence-electron chi connectivity index (χ3n) is 3.49. The summed E-state index contributed by atoms with van der Waals surface area (Å²) in [5.41, 5.74) is 1.70. The molecule has 1 heterocycles. The maximum atomic E-state index is 12.1. The summed E-state index contributed by atoms with van der Waals surface area (Å²) in [5.74, 6) is -0.0482. The zero-order valence-electron chi connectivity index (χ0n) is 12.3. The van der Waals surface area contributed by atoms with E-state index in [0.717, 1.165) is 11.3 Å². The van der Waals surface area contributed by atoms with Gasteiger partial charge in [-0.1, -0.05) is 35.9 Å². The highest BCUT2D eigenvalue weighted by atomic mass is 35.5. The molecule has 0 aromatic heterocycles. The van der Waals surface area contributed by atoms with Crippen LogP contribution in [0.3, 0.4) is 0 Å². The van der Waals surface area contributed by atoms with Crippen LogP contribution in [0.4, 0.5) is 5.69 Å². The van der Waals surface area contributed by atoms with Crippen molar-refractivity contribution in [2.75, 3.05) is 18.0 Å². The van der Waals surface area contributed by atoms with Crippen molar-refractivity contribution >= 4 is 29.2 Å². The Morgan fingerprint density at radius 3 is 2.70 bits per heavy atom. The van der Waals surface area contributed by atoms with E-state index in [1.54, 1.807) is 29.2 Å². The van der Waals surface area contributed by atoms with Gasteiger partial charge in [0.15, 0.2) is 5.75 Å². The predicted octanol–water partition coefficient (Wildman–Crippen LogP) is 2.38. The lowest BCUT2D eigenvalue weighted by molar-refractivity contribution is -0.133. The average Bonchev–Trinajstić information content (AvgIpc) is 2.54. The third-order valence-corrected chi connectivity index (χ3v) is 3.74. The second-order valence-corrected chi connectivity index (χ2v) is 5.64. The Balaban J connectivity index is 1.61. The van der Waals surface area contributed by atoms with Gasteiger partial charge in [-0.25, -0.2) is 4.79 Å². The minimum Gasteiger partial charge on any atom is -0.423 e. The number of carbonyl (C=O) groups excluding carboxylic acids is 2. The molecule has 0 fully saturated rings. The Hall–Kier alpha value is -2.53. The van der Waals surface area contributed by atoms with E-state index < -0.39 is 0 Å². The third kappa shape index (κ3) is 3.81. The van der Waals surface area contributed by atoms with Crippen molar-refractivity contribution in [2.45, 2.75) is 6.54 Å². The summed E-state index contributed by atoms with van der Waals surface area (Å²) in [5, 5.41) is 3.49. The number of fused-ring (bicyclic) bond motifs is 1. The van der Waals surface area contributed by atoms with E-state index in [2.05, 4.69) is 5.32 Å². The molecule has 0 spiro atoms. The van der Waals surface area contributed by atoms with Crippen LogP contribution in [0.2, 0.25) is 5.02 Å². The molecule has 2 aromatic rings. The van der Waals surface area contributed by atoms with E-state index in [1.165, 1.54) is 0 Å². The molecule has 1 amide bonds. The molecule has 1 aliphatic heterocycles. The standard InChI is InChI=1S/C17H15ClN2O3/c18-13-7-5-12(6-8-13)9-19-16(21)10-20-11-17(22)23-15-4-2-1-3-14(15)20/h1-8H,9-11H2,(H,19,21). The van der Waals surface area contributed by atoms with Crippen molar-refractivity contribution in [1.29, 1.82) is 0 Å². The molecule has 0 saturated heterocycles. The van der Waals surface area contributed by atoms with Gasteiger partial charge in [0.1, 0.15) is 6.54 Å². The molecular formula is C17H15ClN2O3. The summed E-state index contributed by atoms with van der Waals surface area (Å²) in [4.78, 5) is 25.5. The van der Waals surface area contributed by atoms with E-state index in [9.17, 15) is 9.59 Å². The lowest BCUT2D eigenvalue weighted by Gasteiger charge is -2.29. The first kappa shape index (κ1) is 15.4. The molecule has 118 valence electrons. The summed E-state index contributed by atoms with van der Waals surface area (Å²) in [7, 11) is 0. The number of hydrogen-bond acceptors (Lipinski definition) is 4. The van der Waals surface area contributed by atoms with Crippen molar-refractivity contribution < 1.29 is 14.3 Å². The molecule has 0 radical (unpaired) electrons. The van der Waals surface area contributed by atoms with Crippen LogP contribution in [-0.4, -0.2) is 25.0 Å². The van der Waals surface area contributed by atoms with E-state index in [-0.39, 0.29) is 25.0 Å². The highest BCUT2D eigenvalue weighted by Crippen LogP contribution is 2.30. The van der Waals surface area contributed by atoms with Crippen LogP contribution >= 0.6 is 11.6 Å². The maximum absolute atomic E-state index is 12.1. The quantitative estimate of drug-likeness (QED) is 0.691. The summed E-state index contributed by atoms with van der Waals surface area (Å²) in [6.45, 7) is 0.570. The minimum absolute atomic E-state index is 0.0609. The van der Waals surface area contributed by atoms with Gasteiger partial charge in [-0.15, -0.1) is 0 Å². The van der Waals surface area contributed by atoms with Gasteiger partial charge in [0.25, 0.3) is 0 Å². The van der Waals surface area contributed by atoms with Crippen molar-refractivity contribution in [2.24, 2.45) is 0 Å². The summed E-state index contributed by atoms with van der Waals surface area (Å²) in [6.07, 6.45) is 0. The first-order chi connectivity index (χ1) is 11.1. The molecule has 3 rings (SSSR count). The number of ether oxygens (including phenoxy) is 1. The van der Waals surface area contributed by atoms with E-state index in [4.69, 9.17) is 16.3 Å². The zero-order chi connectivity index (χ0) is 16.2. The second-order valence-electron chi connectivity index (χ2n) is 5.20. The van der Waals surface area contributed by atoms with Crippen molar-refractivity contribution in [3.63, 3.8) is 0 Å². The zero-order valence-corrected chi connectivity index (χ0v) is 13.0. The molecule has 0 aliphatic carbocycles. The first-order valence-electron chi connectivity index (χ1n) is 7.17. The highest BCUT2D eigenvalue weighted by Gasteiger charge is 2.25. The van der Waals surface area contributed by atoms with Crippen molar-refractivity contribution in [3.8, 4) is 5.75 Å². The number of benzene rings is 2. The fraction of sp³-hybridized carbons (Fsp3) is 0.176. The number of carbonyl (C=O) groups is 2. The number of amides is 1. The van der Waals surface area contributed by atoms with Crippen LogP contribution in [-0.2, 0) is 16.1 Å². The Morgan fingerprint density at radius 1 is 1.17 bits per heavy atom. The number of halogens is 1. The maximum Gasteiger partial charge on any atom is 0.331 e. The molecule has 0 unspecified atom stereocenters. The average molecular weight is 331 g/mol.